The summed E-state index contributed by atoms with van der Waals surface area (Å²) in [7, 11) is 0. The number of hydrogen-bond donors (Lipinski definition) is 2. The number of aromatic amines is 1. The van der Waals surface area contributed by atoms with Crippen LogP contribution in [0.4, 0.5) is 0 Å². The fourth-order valence-corrected chi connectivity index (χ4v) is 0.755. The quantitative estimate of drug-likeness (QED) is 0.596. The zero-order valence-electron chi connectivity index (χ0n) is 6.53. The smallest absolute Gasteiger partial charge is 0.343 e. The maximum absolute atomic E-state index is 11.0. The Morgan fingerprint density at radius 3 is 2.82 bits per heavy atom. The summed E-state index contributed by atoms with van der Waals surface area (Å²) in [5.74, 6) is 0. The van der Waals surface area contributed by atoms with Crippen molar-refractivity contribution in [2.45, 2.75) is 19.4 Å². The standard InChI is InChI=1S/C6H11N3O2/c1-6(2,3-10)9-4-7-8-5(9)11/h4,10H,3H2,1-2H3,(H,8,11). The van der Waals surface area contributed by atoms with E-state index in [1.54, 1.807) is 13.8 Å². The number of aliphatic hydroxyl groups excluding tert-OH is 1. The first kappa shape index (κ1) is 8.00. The Hall–Kier alpha value is -1.10. The van der Waals surface area contributed by atoms with E-state index in [-0.39, 0.29) is 12.3 Å². The van der Waals surface area contributed by atoms with Crippen molar-refractivity contribution >= 4 is 0 Å². The molecule has 62 valence electrons. The molecule has 0 atom stereocenters. The molecule has 5 heteroatoms. The SMILES string of the molecule is CC(C)(CO)n1cn[nH]c1=O. The molecule has 0 aromatic carbocycles. The normalized spacial score (nSPS) is 11.9. The lowest BCUT2D eigenvalue weighted by Gasteiger charge is -2.21. The van der Waals surface area contributed by atoms with E-state index in [0.717, 1.165) is 0 Å². The molecule has 0 amide bonds. The number of nitrogens with zero attached hydrogens (tertiary/aromatic N) is 2. The van der Waals surface area contributed by atoms with Gasteiger partial charge in [0, 0.05) is 0 Å². The van der Waals surface area contributed by atoms with Crippen LogP contribution in [0.1, 0.15) is 13.8 Å². The largest absolute Gasteiger partial charge is 0.394 e. The monoisotopic (exact) mass is 157 g/mol. The first-order valence-corrected chi connectivity index (χ1v) is 3.31. The molecule has 0 spiro atoms. The van der Waals surface area contributed by atoms with E-state index in [9.17, 15) is 4.79 Å². The number of nitrogens with one attached hydrogen (secondary N) is 1. The van der Waals surface area contributed by atoms with E-state index in [2.05, 4.69) is 10.2 Å². The second kappa shape index (κ2) is 2.50. The van der Waals surface area contributed by atoms with Crippen LogP contribution in [-0.2, 0) is 5.54 Å². The molecule has 1 aromatic heterocycles. The molecule has 1 rings (SSSR count). The van der Waals surface area contributed by atoms with Crippen LogP contribution in [0, 0.1) is 0 Å². The van der Waals surface area contributed by atoms with Crippen LogP contribution < -0.4 is 5.69 Å². The minimum Gasteiger partial charge on any atom is -0.394 e. The van der Waals surface area contributed by atoms with Gasteiger partial charge in [-0.05, 0) is 13.8 Å². The second-order valence-electron chi connectivity index (χ2n) is 3.00. The highest BCUT2D eigenvalue weighted by Crippen LogP contribution is 2.08. The molecule has 0 aliphatic carbocycles. The minimum atomic E-state index is -0.579. The van der Waals surface area contributed by atoms with Crippen molar-refractivity contribution in [3.63, 3.8) is 0 Å². The van der Waals surface area contributed by atoms with E-state index in [0.29, 0.717) is 0 Å². The summed E-state index contributed by atoms with van der Waals surface area (Å²) in [4.78, 5) is 11.0. The van der Waals surface area contributed by atoms with E-state index in [1.165, 1.54) is 10.9 Å². The van der Waals surface area contributed by atoms with Crippen molar-refractivity contribution in [1.29, 1.82) is 0 Å². The van der Waals surface area contributed by atoms with Crippen LogP contribution in [0.15, 0.2) is 11.1 Å². The van der Waals surface area contributed by atoms with Gasteiger partial charge in [0.15, 0.2) is 0 Å². The van der Waals surface area contributed by atoms with E-state index < -0.39 is 5.54 Å². The molecule has 0 bridgehead atoms. The van der Waals surface area contributed by atoms with Crippen LogP contribution >= 0.6 is 0 Å². The van der Waals surface area contributed by atoms with Gasteiger partial charge >= 0.3 is 5.69 Å². The highest BCUT2D eigenvalue weighted by molar-refractivity contribution is 4.80. The summed E-state index contributed by atoms with van der Waals surface area (Å²) >= 11 is 0. The fourth-order valence-electron chi connectivity index (χ4n) is 0.755. The summed E-state index contributed by atoms with van der Waals surface area (Å²) in [6, 6.07) is 0. The van der Waals surface area contributed by atoms with Gasteiger partial charge in [-0.2, -0.15) is 5.10 Å². The summed E-state index contributed by atoms with van der Waals surface area (Å²) in [6.07, 6.45) is 1.37. The Morgan fingerprint density at radius 1 is 1.82 bits per heavy atom. The second-order valence-corrected chi connectivity index (χ2v) is 3.00. The summed E-state index contributed by atoms with van der Waals surface area (Å²) in [6.45, 7) is 3.42. The molecular formula is C6H11N3O2. The Labute approximate surface area is 63.7 Å². The number of hydrogen-bond acceptors (Lipinski definition) is 3. The highest BCUT2D eigenvalue weighted by Gasteiger charge is 2.20. The van der Waals surface area contributed by atoms with Crippen LogP contribution in [-0.4, -0.2) is 26.5 Å². The van der Waals surface area contributed by atoms with Gasteiger partial charge in [0.05, 0.1) is 12.1 Å². The first-order valence-electron chi connectivity index (χ1n) is 3.31. The predicted octanol–water partition coefficient (Wildman–Crippen LogP) is -0.701. The van der Waals surface area contributed by atoms with Gasteiger partial charge in [0.1, 0.15) is 6.33 Å². The van der Waals surface area contributed by atoms with E-state index >= 15 is 0 Å². The average molecular weight is 157 g/mol. The Kier molecular flexibility index (Phi) is 1.82. The van der Waals surface area contributed by atoms with Crippen molar-refractivity contribution in [3.05, 3.63) is 16.8 Å². The molecule has 11 heavy (non-hydrogen) atoms. The average Bonchev–Trinajstić information content (AvgIpc) is 2.36. The molecule has 0 unspecified atom stereocenters. The zero-order chi connectivity index (χ0) is 8.48. The first-order chi connectivity index (χ1) is 5.08. The molecule has 5 nitrogen and oxygen atoms in total. The lowest BCUT2D eigenvalue weighted by atomic mass is 10.1. The van der Waals surface area contributed by atoms with Crippen molar-refractivity contribution in [2.24, 2.45) is 0 Å². The minimum absolute atomic E-state index is 0.0908. The maximum atomic E-state index is 11.0. The molecule has 0 aliphatic heterocycles. The van der Waals surface area contributed by atoms with Gasteiger partial charge in [-0.1, -0.05) is 0 Å². The third-order valence-electron chi connectivity index (χ3n) is 1.59. The van der Waals surface area contributed by atoms with Gasteiger partial charge in [-0.3, -0.25) is 4.57 Å². The molecule has 2 N–H and O–H groups in total. The van der Waals surface area contributed by atoms with Crippen molar-refractivity contribution in [2.75, 3.05) is 6.61 Å². The van der Waals surface area contributed by atoms with E-state index in [4.69, 9.17) is 5.11 Å². The zero-order valence-corrected chi connectivity index (χ0v) is 6.53. The molecular weight excluding hydrogens is 146 g/mol. The van der Waals surface area contributed by atoms with Crippen LogP contribution in [0.25, 0.3) is 0 Å². The molecule has 0 radical (unpaired) electrons. The number of H-pyrrole nitrogens is 1. The number of aliphatic hydroxyl groups is 1. The third-order valence-corrected chi connectivity index (χ3v) is 1.59. The van der Waals surface area contributed by atoms with Crippen LogP contribution in [0.5, 0.6) is 0 Å². The Balaban J connectivity index is 3.11. The van der Waals surface area contributed by atoms with Crippen LogP contribution in [0.3, 0.4) is 0 Å². The topological polar surface area (TPSA) is 70.9 Å². The maximum Gasteiger partial charge on any atom is 0.343 e. The number of rotatable bonds is 2. The van der Waals surface area contributed by atoms with Gasteiger partial charge in [-0.15, -0.1) is 0 Å². The van der Waals surface area contributed by atoms with Gasteiger partial charge < -0.3 is 5.11 Å². The molecule has 0 aliphatic rings. The molecule has 0 saturated heterocycles. The summed E-state index contributed by atoms with van der Waals surface area (Å²) in [5, 5.41) is 14.7. The lowest BCUT2D eigenvalue weighted by molar-refractivity contribution is 0.161. The third kappa shape index (κ3) is 1.32. The Morgan fingerprint density at radius 2 is 2.45 bits per heavy atom. The molecule has 0 fully saturated rings. The molecule has 1 heterocycles. The van der Waals surface area contributed by atoms with Crippen molar-refractivity contribution in [3.8, 4) is 0 Å². The number of aromatic nitrogens is 3. The van der Waals surface area contributed by atoms with Crippen molar-refractivity contribution in [1.82, 2.24) is 14.8 Å². The van der Waals surface area contributed by atoms with Gasteiger partial charge in [0.2, 0.25) is 0 Å². The molecule has 1 aromatic rings. The summed E-state index contributed by atoms with van der Waals surface area (Å²) < 4.78 is 1.35. The fraction of sp³-hybridized carbons (Fsp3) is 0.667. The lowest BCUT2D eigenvalue weighted by Crippen LogP contribution is -2.37. The highest BCUT2D eigenvalue weighted by atomic mass is 16.3. The van der Waals surface area contributed by atoms with Crippen LogP contribution in [0.2, 0.25) is 0 Å². The summed E-state index contributed by atoms with van der Waals surface area (Å²) in [5.41, 5.74) is -0.881. The van der Waals surface area contributed by atoms with Gasteiger partial charge in [0.25, 0.3) is 0 Å². The van der Waals surface area contributed by atoms with Crippen molar-refractivity contribution < 1.29 is 5.11 Å². The molecule has 0 saturated carbocycles. The van der Waals surface area contributed by atoms with E-state index in [1.807, 2.05) is 0 Å². The van der Waals surface area contributed by atoms with Gasteiger partial charge in [-0.25, -0.2) is 9.89 Å². The Bertz CT molecular complexity index is 286. The predicted molar refractivity (Wildman–Crippen MR) is 39.3 cm³/mol.